The molecule has 2 rings (SSSR count). The molecule has 114 valence electrons. The number of morpholine rings is 1. The van der Waals surface area contributed by atoms with Crippen molar-refractivity contribution in [1.82, 2.24) is 15.5 Å². The lowest BCUT2D eigenvalue weighted by Gasteiger charge is -2.42. The van der Waals surface area contributed by atoms with Crippen LogP contribution >= 0.6 is 0 Å². The zero-order valence-electron chi connectivity index (χ0n) is 12.4. The molecule has 0 radical (unpaired) electrons. The van der Waals surface area contributed by atoms with E-state index < -0.39 is 6.04 Å². The maximum absolute atomic E-state index is 12.9. The van der Waals surface area contributed by atoms with E-state index in [1.54, 1.807) is 4.90 Å². The van der Waals surface area contributed by atoms with Gasteiger partial charge in [0, 0.05) is 18.5 Å². The third-order valence-corrected chi connectivity index (χ3v) is 4.27. The highest BCUT2D eigenvalue weighted by Gasteiger charge is 2.42. The lowest BCUT2D eigenvalue weighted by Crippen LogP contribution is -2.59. The third-order valence-electron chi connectivity index (χ3n) is 4.27. The van der Waals surface area contributed by atoms with Crippen molar-refractivity contribution in [2.24, 2.45) is 5.41 Å². The summed E-state index contributed by atoms with van der Waals surface area (Å²) in [5, 5.41) is 6.07. The van der Waals surface area contributed by atoms with E-state index in [4.69, 9.17) is 4.74 Å². The van der Waals surface area contributed by atoms with Gasteiger partial charge in [-0.05, 0) is 32.9 Å². The largest absolute Gasteiger partial charge is 0.377 e. The number of piperidine rings is 1. The number of rotatable bonds is 3. The second-order valence-electron chi connectivity index (χ2n) is 5.79. The van der Waals surface area contributed by atoms with Gasteiger partial charge < -0.3 is 20.3 Å². The van der Waals surface area contributed by atoms with Gasteiger partial charge in [-0.2, -0.15) is 0 Å². The highest BCUT2D eigenvalue weighted by Crippen LogP contribution is 2.31. The molecule has 0 aromatic carbocycles. The normalized spacial score (nSPS) is 26.1. The Labute approximate surface area is 120 Å². The van der Waals surface area contributed by atoms with E-state index in [-0.39, 0.29) is 17.2 Å². The maximum atomic E-state index is 12.9. The Balaban J connectivity index is 2.10. The van der Waals surface area contributed by atoms with Crippen molar-refractivity contribution in [3.8, 4) is 0 Å². The number of amides is 2. The van der Waals surface area contributed by atoms with Crippen molar-refractivity contribution in [3.63, 3.8) is 0 Å². The van der Waals surface area contributed by atoms with Gasteiger partial charge in [-0.25, -0.2) is 0 Å². The molecule has 0 spiro atoms. The Morgan fingerprint density at radius 3 is 2.75 bits per heavy atom. The van der Waals surface area contributed by atoms with Crippen molar-refractivity contribution in [2.45, 2.75) is 32.7 Å². The van der Waals surface area contributed by atoms with Crippen LogP contribution in [0.25, 0.3) is 0 Å². The predicted octanol–water partition coefficient (Wildman–Crippen LogP) is -0.260. The van der Waals surface area contributed by atoms with Crippen LogP contribution in [-0.4, -0.2) is 62.1 Å². The van der Waals surface area contributed by atoms with Crippen LogP contribution in [0.5, 0.6) is 0 Å². The number of likely N-dealkylation sites (N-methyl/N-ethyl adjacent to an activating group) is 1. The molecule has 2 N–H and O–H groups in total. The first kappa shape index (κ1) is 15.3. The minimum absolute atomic E-state index is 0.0959. The van der Waals surface area contributed by atoms with Gasteiger partial charge in [0.15, 0.2) is 0 Å². The van der Waals surface area contributed by atoms with Gasteiger partial charge >= 0.3 is 0 Å². The van der Waals surface area contributed by atoms with Gasteiger partial charge in [0.1, 0.15) is 6.04 Å². The van der Waals surface area contributed by atoms with Gasteiger partial charge in [-0.15, -0.1) is 0 Å². The van der Waals surface area contributed by atoms with Gasteiger partial charge in [0.2, 0.25) is 11.8 Å². The molecule has 0 saturated carbocycles. The molecule has 6 heteroatoms. The molecule has 2 fully saturated rings. The average Bonchev–Trinajstić information content (AvgIpc) is 2.47. The van der Waals surface area contributed by atoms with Crippen LogP contribution in [0.2, 0.25) is 0 Å². The van der Waals surface area contributed by atoms with E-state index in [1.165, 1.54) is 0 Å². The molecule has 0 bridgehead atoms. The average molecular weight is 283 g/mol. The van der Waals surface area contributed by atoms with E-state index >= 15 is 0 Å². The van der Waals surface area contributed by atoms with Crippen LogP contribution in [0.1, 0.15) is 26.7 Å². The van der Waals surface area contributed by atoms with Crippen LogP contribution in [0.3, 0.4) is 0 Å². The minimum Gasteiger partial charge on any atom is -0.377 e. The summed E-state index contributed by atoms with van der Waals surface area (Å²) in [4.78, 5) is 26.7. The monoisotopic (exact) mass is 283 g/mol. The van der Waals surface area contributed by atoms with Gasteiger partial charge in [-0.3, -0.25) is 9.59 Å². The van der Waals surface area contributed by atoms with Crippen LogP contribution in [-0.2, 0) is 14.3 Å². The molecule has 2 amide bonds. The fourth-order valence-corrected chi connectivity index (χ4v) is 2.90. The summed E-state index contributed by atoms with van der Waals surface area (Å²) in [7, 11) is 0. The second-order valence-corrected chi connectivity index (χ2v) is 5.79. The Hall–Kier alpha value is -1.14. The van der Waals surface area contributed by atoms with E-state index in [9.17, 15) is 9.59 Å². The van der Waals surface area contributed by atoms with E-state index in [0.717, 1.165) is 25.9 Å². The molecule has 20 heavy (non-hydrogen) atoms. The molecule has 6 nitrogen and oxygen atoms in total. The zero-order chi connectivity index (χ0) is 14.6. The Bertz CT molecular complexity index is 367. The number of hydrogen-bond donors (Lipinski definition) is 2. The Morgan fingerprint density at radius 2 is 2.10 bits per heavy atom. The highest BCUT2D eigenvalue weighted by atomic mass is 16.5. The molecule has 1 atom stereocenters. The summed E-state index contributed by atoms with van der Waals surface area (Å²) in [6.07, 6.45) is 1.65. The summed E-state index contributed by atoms with van der Waals surface area (Å²) in [6.45, 7) is 7.49. The van der Waals surface area contributed by atoms with Crippen LogP contribution in [0.15, 0.2) is 0 Å². The third kappa shape index (κ3) is 3.12. The minimum atomic E-state index is -0.483. The lowest BCUT2D eigenvalue weighted by atomic mass is 9.79. The second kappa shape index (κ2) is 6.54. The molecule has 0 aliphatic carbocycles. The first-order chi connectivity index (χ1) is 9.58. The molecule has 0 aromatic heterocycles. The quantitative estimate of drug-likeness (QED) is 0.749. The van der Waals surface area contributed by atoms with E-state index in [2.05, 4.69) is 10.6 Å². The molecular formula is C14H25N3O3. The van der Waals surface area contributed by atoms with E-state index in [1.807, 2.05) is 13.8 Å². The molecule has 2 saturated heterocycles. The molecule has 2 heterocycles. The summed E-state index contributed by atoms with van der Waals surface area (Å²) in [5.41, 5.74) is -0.354. The SMILES string of the molecule is CCNC(=O)C1COCCN1C(=O)C1(C)CCNCC1. The number of carbonyl (C=O) groups excluding carboxylic acids is 2. The molecule has 2 aliphatic rings. The smallest absolute Gasteiger partial charge is 0.245 e. The Morgan fingerprint density at radius 1 is 1.40 bits per heavy atom. The number of nitrogens with one attached hydrogen (secondary N) is 2. The molecule has 0 aromatic rings. The summed E-state index contributed by atoms with van der Waals surface area (Å²) >= 11 is 0. The fourth-order valence-electron chi connectivity index (χ4n) is 2.90. The van der Waals surface area contributed by atoms with Crippen molar-refractivity contribution in [3.05, 3.63) is 0 Å². The molecule has 1 unspecified atom stereocenters. The molecular weight excluding hydrogens is 258 g/mol. The summed E-state index contributed by atoms with van der Waals surface area (Å²) < 4.78 is 5.38. The zero-order valence-corrected chi connectivity index (χ0v) is 12.4. The van der Waals surface area contributed by atoms with Crippen molar-refractivity contribution in [1.29, 1.82) is 0 Å². The van der Waals surface area contributed by atoms with Crippen LogP contribution in [0.4, 0.5) is 0 Å². The maximum Gasteiger partial charge on any atom is 0.245 e. The van der Waals surface area contributed by atoms with E-state index in [0.29, 0.717) is 26.3 Å². The summed E-state index contributed by atoms with van der Waals surface area (Å²) in [5.74, 6) is -0.0170. The highest BCUT2D eigenvalue weighted by molar-refractivity contribution is 5.90. The van der Waals surface area contributed by atoms with Gasteiger partial charge in [-0.1, -0.05) is 6.92 Å². The van der Waals surface area contributed by atoms with Crippen molar-refractivity contribution in [2.75, 3.05) is 39.4 Å². The van der Waals surface area contributed by atoms with Gasteiger partial charge in [0.05, 0.1) is 13.2 Å². The topological polar surface area (TPSA) is 70.7 Å². The number of carbonyl (C=O) groups is 2. The number of hydrogen-bond acceptors (Lipinski definition) is 4. The number of ether oxygens (including phenoxy) is 1. The van der Waals surface area contributed by atoms with Crippen LogP contribution in [0, 0.1) is 5.41 Å². The van der Waals surface area contributed by atoms with Crippen molar-refractivity contribution >= 4 is 11.8 Å². The fraction of sp³-hybridized carbons (Fsp3) is 0.857. The molecule has 2 aliphatic heterocycles. The first-order valence-electron chi connectivity index (χ1n) is 7.46. The standard InChI is InChI=1S/C14H25N3O3/c1-3-16-12(18)11-10-20-9-8-17(11)13(19)14(2)4-6-15-7-5-14/h11,15H,3-10H2,1-2H3,(H,16,18). The lowest BCUT2D eigenvalue weighted by molar-refractivity contribution is -0.157. The summed E-state index contributed by atoms with van der Waals surface area (Å²) in [6, 6.07) is -0.483. The first-order valence-corrected chi connectivity index (χ1v) is 7.46. The number of nitrogens with zero attached hydrogens (tertiary/aromatic N) is 1. The Kier molecular flexibility index (Phi) is 4.99. The van der Waals surface area contributed by atoms with Crippen LogP contribution < -0.4 is 10.6 Å². The van der Waals surface area contributed by atoms with Gasteiger partial charge in [0.25, 0.3) is 0 Å². The van der Waals surface area contributed by atoms with Crippen molar-refractivity contribution < 1.29 is 14.3 Å². The predicted molar refractivity (Wildman–Crippen MR) is 75.2 cm³/mol.